The molecule has 1 atom stereocenters. The number of rotatable bonds is 4. The average Bonchev–Trinajstić information content (AvgIpc) is 2.65. The van der Waals surface area contributed by atoms with Crippen molar-refractivity contribution in [3.05, 3.63) is 26.1 Å². The largest absolute Gasteiger partial charge is 0.478 e. The van der Waals surface area contributed by atoms with Crippen LogP contribution in [0.25, 0.3) is 0 Å². The molecule has 0 radical (unpaired) electrons. The maximum absolute atomic E-state index is 12.4. The van der Waals surface area contributed by atoms with Crippen LogP contribution >= 0.6 is 22.6 Å². The number of carboxylic acid groups (broad SMARTS) is 1. The van der Waals surface area contributed by atoms with Crippen molar-refractivity contribution in [2.24, 2.45) is 5.41 Å². The number of pyridine rings is 1. The molecule has 2 heterocycles. The van der Waals surface area contributed by atoms with Gasteiger partial charge in [-0.3, -0.25) is 4.98 Å². The molecule has 1 unspecified atom stereocenters. The van der Waals surface area contributed by atoms with Crippen LogP contribution in [-0.2, 0) is 15.6 Å². The van der Waals surface area contributed by atoms with Crippen LogP contribution < -0.4 is 0 Å². The van der Waals surface area contributed by atoms with Gasteiger partial charge in [0.1, 0.15) is 0 Å². The number of nitrogens with zero attached hydrogens (tertiary/aromatic N) is 1. The van der Waals surface area contributed by atoms with E-state index in [1.54, 1.807) is 0 Å². The van der Waals surface area contributed by atoms with Gasteiger partial charge in [0.2, 0.25) is 0 Å². The monoisotopic (exact) mass is 557 g/mol. The van der Waals surface area contributed by atoms with E-state index in [1.807, 2.05) is 0 Å². The van der Waals surface area contributed by atoms with Gasteiger partial charge in [0, 0.05) is 34.0 Å². The predicted molar refractivity (Wildman–Crippen MR) is 132 cm³/mol. The van der Waals surface area contributed by atoms with E-state index in [-0.39, 0.29) is 22.5 Å². The van der Waals surface area contributed by atoms with Crippen LogP contribution in [0.5, 0.6) is 0 Å². The number of ether oxygens (including phenoxy) is 1. The van der Waals surface area contributed by atoms with Gasteiger partial charge in [0.15, 0.2) is 8.32 Å². The molecule has 2 fully saturated rings. The summed E-state index contributed by atoms with van der Waals surface area (Å²) in [6, 6.07) is 0. The molecule has 1 saturated heterocycles. The Morgan fingerprint density at radius 2 is 1.90 bits per heavy atom. The van der Waals surface area contributed by atoms with Gasteiger partial charge >= 0.3 is 5.97 Å². The number of carbonyl (C=O) groups is 1. The maximum atomic E-state index is 12.4. The summed E-state index contributed by atoms with van der Waals surface area (Å²) < 4.78 is 13.4. The molecule has 0 amide bonds. The van der Waals surface area contributed by atoms with E-state index in [0.29, 0.717) is 18.8 Å². The number of carboxylic acids is 1. The molecule has 1 spiro atoms. The molecule has 0 aromatic carbocycles. The Kier molecular flexibility index (Phi) is 6.38. The summed E-state index contributed by atoms with van der Waals surface area (Å²) >= 11 is 2.27. The van der Waals surface area contributed by atoms with Gasteiger partial charge in [-0.1, -0.05) is 27.2 Å². The lowest BCUT2D eigenvalue weighted by atomic mass is 9.59. The highest BCUT2D eigenvalue weighted by molar-refractivity contribution is 14.1. The van der Waals surface area contributed by atoms with Crippen molar-refractivity contribution in [3.8, 4) is 0 Å². The molecule has 1 aromatic heterocycles. The average molecular weight is 558 g/mol. The van der Waals surface area contributed by atoms with E-state index in [0.717, 1.165) is 46.2 Å². The lowest BCUT2D eigenvalue weighted by Gasteiger charge is -2.50. The highest BCUT2D eigenvalue weighted by Crippen LogP contribution is 2.56. The number of aromatic nitrogens is 1. The molecule has 0 bridgehead atoms. The van der Waals surface area contributed by atoms with Crippen LogP contribution in [0.3, 0.4) is 0 Å². The van der Waals surface area contributed by atoms with E-state index in [1.165, 1.54) is 19.3 Å². The summed E-state index contributed by atoms with van der Waals surface area (Å²) in [5.74, 6) is -0.700. The predicted octanol–water partition coefficient (Wildman–Crippen LogP) is 6.46. The molecule has 4 rings (SSSR count). The lowest BCUT2D eigenvalue weighted by Crippen LogP contribution is -2.46. The minimum Gasteiger partial charge on any atom is -0.478 e. The highest BCUT2D eigenvalue weighted by Gasteiger charge is 2.49. The fourth-order valence-corrected chi connectivity index (χ4v) is 7.61. The van der Waals surface area contributed by atoms with Gasteiger partial charge in [-0.05, 0) is 84.7 Å². The Morgan fingerprint density at radius 1 is 1.26 bits per heavy atom. The maximum Gasteiger partial charge on any atom is 0.338 e. The molecular formula is C24H36INO4Si. The van der Waals surface area contributed by atoms with Gasteiger partial charge in [0.25, 0.3) is 0 Å². The van der Waals surface area contributed by atoms with Crippen molar-refractivity contribution >= 4 is 36.9 Å². The van der Waals surface area contributed by atoms with Crippen LogP contribution in [0.2, 0.25) is 18.1 Å². The number of aromatic carboxylic acids is 1. The highest BCUT2D eigenvalue weighted by atomic mass is 127. The Balaban J connectivity index is 1.83. The second kappa shape index (κ2) is 8.36. The van der Waals surface area contributed by atoms with Crippen LogP contribution in [0.15, 0.2) is 0 Å². The van der Waals surface area contributed by atoms with Gasteiger partial charge in [-0.15, -0.1) is 0 Å². The fraction of sp³-hybridized carbons (Fsp3) is 0.750. The minimum absolute atomic E-state index is 0.0498. The third kappa shape index (κ3) is 4.36. The molecule has 31 heavy (non-hydrogen) atoms. The third-order valence-electron chi connectivity index (χ3n) is 8.24. The third-order valence-corrected chi connectivity index (χ3v) is 13.8. The number of hydrogen-bond acceptors (Lipinski definition) is 4. The Hall–Kier alpha value is -0.513. The molecule has 172 valence electrons. The first-order chi connectivity index (χ1) is 14.4. The number of hydrogen-bond donors (Lipinski definition) is 1. The SMILES string of the molecule is CC(C)(C)[Si](C)(C)OC1CC2(CCC2)Cc2nc(C3CCOCC3)c(C(=O)O)c(I)c21. The first-order valence-corrected chi connectivity index (χ1v) is 15.6. The van der Waals surface area contributed by atoms with E-state index < -0.39 is 14.3 Å². The minimum atomic E-state index is -2.02. The summed E-state index contributed by atoms with van der Waals surface area (Å²) in [6.07, 6.45) is 7.34. The van der Waals surface area contributed by atoms with Crippen LogP contribution in [0.4, 0.5) is 0 Å². The standard InChI is InChI=1S/C24H36INO4Si/c1-23(2,3)31(4,5)30-17-14-24(9-6-10-24)13-16-18(17)20(25)19(22(27)28)21(26-16)15-7-11-29-12-8-15/h15,17H,6-14H2,1-5H3,(H,27,28). The Labute approximate surface area is 201 Å². The molecule has 1 aromatic rings. The van der Waals surface area contributed by atoms with Crippen molar-refractivity contribution in [1.82, 2.24) is 4.98 Å². The van der Waals surface area contributed by atoms with E-state index in [2.05, 4.69) is 56.5 Å². The summed E-state index contributed by atoms with van der Waals surface area (Å²) in [5.41, 5.74) is 3.64. The van der Waals surface area contributed by atoms with E-state index in [9.17, 15) is 9.90 Å². The Morgan fingerprint density at radius 3 is 2.42 bits per heavy atom. The molecule has 2 aliphatic carbocycles. The second-order valence-corrected chi connectivity index (χ2v) is 17.2. The molecule has 1 saturated carbocycles. The zero-order valence-electron chi connectivity index (χ0n) is 19.5. The summed E-state index contributed by atoms with van der Waals surface area (Å²) in [6.45, 7) is 12.7. The van der Waals surface area contributed by atoms with Crippen molar-refractivity contribution < 1.29 is 19.1 Å². The summed E-state index contributed by atoms with van der Waals surface area (Å²) in [5, 5.41) is 10.3. The summed E-state index contributed by atoms with van der Waals surface area (Å²) in [4.78, 5) is 17.5. The fourth-order valence-electron chi connectivity index (χ4n) is 5.18. The number of fused-ring (bicyclic) bond motifs is 1. The topological polar surface area (TPSA) is 68.7 Å². The van der Waals surface area contributed by atoms with Crippen LogP contribution in [0.1, 0.15) is 98.6 Å². The van der Waals surface area contributed by atoms with E-state index in [4.69, 9.17) is 14.1 Å². The zero-order chi connectivity index (χ0) is 22.6. The molecule has 5 nitrogen and oxygen atoms in total. The first kappa shape index (κ1) is 23.6. The lowest BCUT2D eigenvalue weighted by molar-refractivity contribution is 0.0292. The summed E-state index contributed by atoms with van der Waals surface area (Å²) in [7, 11) is -2.02. The number of halogens is 1. The second-order valence-electron chi connectivity index (χ2n) is 11.3. The zero-order valence-corrected chi connectivity index (χ0v) is 22.7. The van der Waals surface area contributed by atoms with Crippen LogP contribution in [0, 0.1) is 8.99 Å². The Bertz CT molecular complexity index is 869. The van der Waals surface area contributed by atoms with Crippen molar-refractivity contribution in [1.29, 1.82) is 0 Å². The normalized spacial score (nSPS) is 24.0. The van der Waals surface area contributed by atoms with Gasteiger partial charge < -0.3 is 14.3 Å². The van der Waals surface area contributed by atoms with Crippen LogP contribution in [-0.4, -0.2) is 37.6 Å². The molecule has 1 N–H and O–H groups in total. The van der Waals surface area contributed by atoms with Crippen molar-refractivity contribution in [3.63, 3.8) is 0 Å². The molecule has 7 heteroatoms. The molecule has 1 aliphatic heterocycles. The van der Waals surface area contributed by atoms with Crippen molar-refractivity contribution in [2.75, 3.05) is 13.2 Å². The first-order valence-electron chi connectivity index (χ1n) is 11.7. The quantitative estimate of drug-likeness (QED) is 0.340. The molecular weight excluding hydrogens is 521 g/mol. The van der Waals surface area contributed by atoms with E-state index >= 15 is 0 Å². The van der Waals surface area contributed by atoms with Gasteiger partial charge in [0.05, 0.1) is 17.4 Å². The van der Waals surface area contributed by atoms with Gasteiger partial charge in [-0.25, -0.2) is 4.79 Å². The van der Waals surface area contributed by atoms with Gasteiger partial charge in [-0.2, -0.15) is 0 Å². The smallest absolute Gasteiger partial charge is 0.338 e. The van der Waals surface area contributed by atoms with Crippen molar-refractivity contribution in [2.45, 2.75) is 95.9 Å². The molecule has 3 aliphatic rings.